The first-order valence-electron chi connectivity index (χ1n) is 15.8. The first-order valence-corrected chi connectivity index (χ1v) is 17.2. The molecule has 42 heavy (non-hydrogen) atoms. The van der Waals surface area contributed by atoms with Crippen molar-refractivity contribution in [2.75, 3.05) is 38.0 Å². The van der Waals surface area contributed by atoms with Crippen molar-refractivity contribution in [1.82, 2.24) is 10.2 Å². The summed E-state index contributed by atoms with van der Waals surface area (Å²) in [6, 6.07) is 5.77. The Balaban J connectivity index is 2.22. The van der Waals surface area contributed by atoms with Gasteiger partial charge in [-0.25, -0.2) is 4.79 Å². The normalized spacial score (nSPS) is 11.5. The Morgan fingerprint density at radius 1 is 0.833 bits per heavy atom. The molecule has 0 bridgehead atoms. The maximum absolute atomic E-state index is 12.6. The number of nitrogens with one attached hydrogen (secondary N) is 2. The predicted octanol–water partition coefficient (Wildman–Crippen LogP) is 6.98. The summed E-state index contributed by atoms with van der Waals surface area (Å²) in [5.74, 6) is -0.271. The molecule has 2 N–H and O–H groups in total. The maximum atomic E-state index is 12.6. The minimum Gasteiger partial charge on any atom is -0.467 e. The van der Waals surface area contributed by atoms with Gasteiger partial charge in [0.05, 0.1) is 7.11 Å². The lowest BCUT2D eigenvalue weighted by atomic mass is 10.0. The van der Waals surface area contributed by atoms with Crippen molar-refractivity contribution in [2.24, 2.45) is 0 Å². The van der Waals surface area contributed by atoms with E-state index in [2.05, 4.69) is 17.6 Å². The van der Waals surface area contributed by atoms with Crippen LogP contribution in [0.5, 0.6) is 0 Å². The number of carbonyl (C=O) groups is 4. The summed E-state index contributed by atoms with van der Waals surface area (Å²) in [4.78, 5) is 51.0. The third kappa shape index (κ3) is 17.4. The molecule has 0 saturated heterocycles. The number of amides is 3. The van der Waals surface area contributed by atoms with Gasteiger partial charge in [-0.3, -0.25) is 14.4 Å². The number of carbonyl (C=O) groups excluding carboxylic acids is 4. The number of esters is 1. The fourth-order valence-corrected chi connectivity index (χ4v) is 5.15. The lowest BCUT2D eigenvalue weighted by Gasteiger charge is -2.17. The molecular formula is C33H55N3O5S. The summed E-state index contributed by atoms with van der Waals surface area (Å²) in [5, 5.41) is 5.52. The van der Waals surface area contributed by atoms with Crippen LogP contribution in [0.15, 0.2) is 24.3 Å². The van der Waals surface area contributed by atoms with E-state index in [4.69, 9.17) is 4.74 Å². The summed E-state index contributed by atoms with van der Waals surface area (Å²) in [5.41, 5.74) is 0.939. The van der Waals surface area contributed by atoms with E-state index in [1.54, 1.807) is 48.0 Å². The van der Waals surface area contributed by atoms with Crippen molar-refractivity contribution < 1.29 is 23.9 Å². The van der Waals surface area contributed by atoms with Gasteiger partial charge in [0, 0.05) is 37.7 Å². The van der Waals surface area contributed by atoms with Crippen LogP contribution in [-0.2, 0) is 19.1 Å². The largest absolute Gasteiger partial charge is 0.467 e. The highest BCUT2D eigenvalue weighted by Gasteiger charge is 2.21. The van der Waals surface area contributed by atoms with E-state index in [-0.39, 0.29) is 24.1 Å². The lowest BCUT2D eigenvalue weighted by Crippen LogP contribution is -2.41. The standard InChI is InChI=1S/C33H55N3O5S/c1-5-6-7-8-9-10-11-12-13-14-15-16-17-18-31(38)36(2)25-23-30(37)34-28-21-19-27(20-22-28)32(39)35-29(24-26-42-4)33(40)41-3/h19-22,29H,5-18,23-26H2,1-4H3,(H,34,37)(H,35,39)/t29-/m0/s1. The quantitative estimate of drug-likeness (QED) is 0.0973. The Kier molecular flexibility index (Phi) is 21.4. The molecule has 238 valence electrons. The van der Waals surface area contributed by atoms with Gasteiger partial charge in [0.25, 0.3) is 5.91 Å². The summed E-state index contributed by atoms with van der Waals surface area (Å²) < 4.78 is 4.79. The zero-order valence-electron chi connectivity index (χ0n) is 26.5. The average Bonchev–Trinajstić information content (AvgIpc) is 2.99. The number of methoxy groups -OCH3 is 1. The Morgan fingerprint density at radius 2 is 1.38 bits per heavy atom. The summed E-state index contributed by atoms with van der Waals surface area (Å²) in [6.45, 7) is 2.61. The number of nitrogens with zero attached hydrogens (tertiary/aromatic N) is 1. The maximum Gasteiger partial charge on any atom is 0.328 e. The number of unbranched alkanes of at least 4 members (excludes halogenated alkanes) is 12. The molecule has 9 heteroatoms. The monoisotopic (exact) mass is 605 g/mol. The van der Waals surface area contributed by atoms with Gasteiger partial charge < -0.3 is 20.3 Å². The molecule has 0 aromatic heterocycles. The highest BCUT2D eigenvalue weighted by atomic mass is 32.2. The average molecular weight is 606 g/mol. The fourth-order valence-electron chi connectivity index (χ4n) is 4.68. The molecule has 0 unspecified atom stereocenters. The number of rotatable bonds is 24. The van der Waals surface area contributed by atoms with Crippen LogP contribution in [0.2, 0.25) is 0 Å². The van der Waals surface area contributed by atoms with Crippen molar-refractivity contribution in [3.8, 4) is 0 Å². The van der Waals surface area contributed by atoms with E-state index >= 15 is 0 Å². The van der Waals surface area contributed by atoms with Crippen LogP contribution in [0.4, 0.5) is 5.69 Å². The number of hydrogen-bond donors (Lipinski definition) is 2. The molecule has 3 amide bonds. The number of benzene rings is 1. The first-order chi connectivity index (χ1) is 20.3. The topological polar surface area (TPSA) is 105 Å². The second kappa shape index (κ2) is 24.0. The van der Waals surface area contributed by atoms with Gasteiger partial charge in [-0.15, -0.1) is 0 Å². The summed E-state index contributed by atoms with van der Waals surface area (Å²) >= 11 is 1.58. The highest BCUT2D eigenvalue weighted by molar-refractivity contribution is 7.98. The third-order valence-electron chi connectivity index (χ3n) is 7.43. The van der Waals surface area contributed by atoms with E-state index in [1.165, 1.54) is 77.7 Å². The molecule has 0 aliphatic carbocycles. The van der Waals surface area contributed by atoms with Crippen LogP contribution >= 0.6 is 11.8 Å². The molecule has 1 aromatic carbocycles. The van der Waals surface area contributed by atoms with Crippen LogP contribution in [0.25, 0.3) is 0 Å². The molecule has 1 rings (SSSR count). The molecule has 0 aliphatic rings. The highest BCUT2D eigenvalue weighted by Crippen LogP contribution is 2.14. The van der Waals surface area contributed by atoms with Crippen LogP contribution in [0.1, 0.15) is 120 Å². The number of thioether (sulfide) groups is 1. The zero-order valence-corrected chi connectivity index (χ0v) is 27.3. The molecular weight excluding hydrogens is 550 g/mol. The molecule has 0 fully saturated rings. The van der Waals surface area contributed by atoms with Gasteiger partial charge in [-0.2, -0.15) is 11.8 Å². The Hall–Kier alpha value is -2.55. The van der Waals surface area contributed by atoms with Crippen molar-refractivity contribution in [1.29, 1.82) is 0 Å². The van der Waals surface area contributed by atoms with Crippen LogP contribution in [0, 0.1) is 0 Å². The number of hydrogen-bond acceptors (Lipinski definition) is 6. The van der Waals surface area contributed by atoms with Crippen molar-refractivity contribution in [3.63, 3.8) is 0 Å². The van der Waals surface area contributed by atoms with Crippen molar-refractivity contribution >= 4 is 41.1 Å². The van der Waals surface area contributed by atoms with Gasteiger partial charge in [0.1, 0.15) is 6.04 Å². The molecule has 0 radical (unpaired) electrons. The fraction of sp³-hybridized carbons (Fsp3) is 0.697. The molecule has 1 aromatic rings. The van der Waals surface area contributed by atoms with Gasteiger partial charge >= 0.3 is 5.97 Å². The van der Waals surface area contributed by atoms with E-state index in [0.717, 1.165) is 12.8 Å². The number of ether oxygens (including phenoxy) is 1. The summed E-state index contributed by atoms with van der Waals surface area (Å²) in [6.07, 6.45) is 19.7. The second-order valence-corrected chi connectivity index (χ2v) is 12.0. The first kappa shape index (κ1) is 37.5. The van der Waals surface area contributed by atoms with Crippen molar-refractivity contribution in [2.45, 2.75) is 116 Å². The molecule has 0 saturated carbocycles. The van der Waals surface area contributed by atoms with Gasteiger partial charge in [-0.05, 0) is 49.1 Å². The van der Waals surface area contributed by atoms with Gasteiger partial charge in [0.2, 0.25) is 11.8 Å². The van der Waals surface area contributed by atoms with Crippen LogP contribution in [0.3, 0.4) is 0 Å². The van der Waals surface area contributed by atoms with E-state index in [0.29, 0.717) is 36.4 Å². The Bertz CT molecular complexity index is 909. The molecule has 0 aliphatic heterocycles. The predicted molar refractivity (Wildman–Crippen MR) is 174 cm³/mol. The Morgan fingerprint density at radius 3 is 1.90 bits per heavy atom. The van der Waals surface area contributed by atoms with Gasteiger partial charge in [-0.1, -0.05) is 84.0 Å². The van der Waals surface area contributed by atoms with E-state index in [9.17, 15) is 19.2 Å². The van der Waals surface area contributed by atoms with Gasteiger partial charge in [0.15, 0.2) is 0 Å². The molecule has 0 heterocycles. The Labute approximate surface area is 258 Å². The van der Waals surface area contributed by atoms with Crippen LogP contribution < -0.4 is 10.6 Å². The SMILES string of the molecule is CCCCCCCCCCCCCCCC(=O)N(C)CCC(=O)Nc1ccc(C(=O)N[C@@H](CCSC)C(=O)OC)cc1. The minimum atomic E-state index is -0.710. The lowest BCUT2D eigenvalue weighted by molar-refractivity contribution is -0.143. The molecule has 1 atom stereocenters. The van der Waals surface area contributed by atoms with E-state index in [1.807, 2.05) is 6.26 Å². The minimum absolute atomic E-state index is 0.0732. The zero-order chi connectivity index (χ0) is 31.0. The molecule has 8 nitrogen and oxygen atoms in total. The second-order valence-electron chi connectivity index (χ2n) is 11.0. The van der Waals surface area contributed by atoms with Crippen LogP contribution in [-0.4, -0.2) is 67.3 Å². The molecule has 0 spiro atoms. The third-order valence-corrected chi connectivity index (χ3v) is 8.07. The van der Waals surface area contributed by atoms with E-state index < -0.39 is 12.0 Å². The van der Waals surface area contributed by atoms with Crippen molar-refractivity contribution in [3.05, 3.63) is 29.8 Å². The smallest absolute Gasteiger partial charge is 0.328 e. The number of anilines is 1. The summed E-state index contributed by atoms with van der Waals surface area (Å²) in [7, 11) is 3.04.